The molecule has 0 fully saturated rings. The van der Waals surface area contributed by atoms with E-state index in [2.05, 4.69) is 17.6 Å². The van der Waals surface area contributed by atoms with Crippen molar-refractivity contribution in [1.82, 2.24) is 4.98 Å². The van der Waals surface area contributed by atoms with Crippen LogP contribution in [0.2, 0.25) is 0 Å². The van der Waals surface area contributed by atoms with Crippen LogP contribution in [0.15, 0.2) is 35.4 Å². The highest BCUT2D eigenvalue weighted by Crippen LogP contribution is 2.22. The van der Waals surface area contributed by atoms with Crippen molar-refractivity contribution in [2.24, 2.45) is 5.73 Å². The lowest BCUT2D eigenvalue weighted by molar-refractivity contribution is 1.08. The van der Waals surface area contributed by atoms with Gasteiger partial charge in [-0.25, -0.2) is 0 Å². The first-order valence-corrected chi connectivity index (χ1v) is 4.53. The second-order valence-corrected chi connectivity index (χ2v) is 3.33. The molecule has 0 atom stereocenters. The number of fused-ring (bicyclic) bond motifs is 1. The molecule has 0 saturated heterocycles. The number of hydrogen-bond acceptors (Lipinski definition) is 3. The highest BCUT2D eigenvalue weighted by Gasteiger charge is 2.02. The standard InChI is InChI=1S/C10H10N2S/c11-6-7-3-4-9(13)10-8(7)2-1-5-12-10/h1-5,13H,6,11H2. The summed E-state index contributed by atoms with van der Waals surface area (Å²) in [7, 11) is 0. The van der Waals surface area contributed by atoms with Crippen LogP contribution in [0, 0.1) is 0 Å². The zero-order chi connectivity index (χ0) is 9.26. The molecule has 2 nitrogen and oxygen atoms in total. The Morgan fingerprint density at radius 3 is 2.92 bits per heavy atom. The highest BCUT2D eigenvalue weighted by molar-refractivity contribution is 7.80. The molecule has 0 unspecified atom stereocenters. The Labute approximate surface area is 82.2 Å². The summed E-state index contributed by atoms with van der Waals surface area (Å²) in [4.78, 5) is 5.15. The molecular formula is C10H10N2S. The summed E-state index contributed by atoms with van der Waals surface area (Å²) in [6.07, 6.45) is 1.77. The first kappa shape index (κ1) is 8.53. The van der Waals surface area contributed by atoms with Crippen molar-refractivity contribution in [3.8, 4) is 0 Å². The van der Waals surface area contributed by atoms with Gasteiger partial charge < -0.3 is 5.73 Å². The largest absolute Gasteiger partial charge is 0.326 e. The Morgan fingerprint density at radius 1 is 1.31 bits per heavy atom. The summed E-state index contributed by atoms with van der Waals surface area (Å²) in [5.41, 5.74) is 7.65. The Morgan fingerprint density at radius 2 is 2.15 bits per heavy atom. The lowest BCUT2D eigenvalue weighted by Gasteiger charge is -2.04. The monoisotopic (exact) mass is 190 g/mol. The smallest absolute Gasteiger partial charge is 0.0838 e. The second-order valence-electron chi connectivity index (χ2n) is 2.85. The minimum atomic E-state index is 0.538. The maximum atomic E-state index is 5.61. The van der Waals surface area contributed by atoms with Gasteiger partial charge in [-0.2, -0.15) is 0 Å². The summed E-state index contributed by atoms with van der Waals surface area (Å²) in [5, 5.41) is 1.09. The van der Waals surface area contributed by atoms with Crippen LogP contribution >= 0.6 is 12.6 Å². The minimum Gasteiger partial charge on any atom is -0.326 e. The molecule has 2 aromatic rings. The Kier molecular flexibility index (Phi) is 2.20. The molecule has 1 aromatic heterocycles. The molecule has 66 valence electrons. The van der Waals surface area contributed by atoms with E-state index < -0.39 is 0 Å². The Balaban J connectivity index is 2.84. The third-order valence-electron chi connectivity index (χ3n) is 2.06. The molecule has 3 heteroatoms. The fourth-order valence-electron chi connectivity index (χ4n) is 1.39. The van der Waals surface area contributed by atoms with Gasteiger partial charge in [-0.3, -0.25) is 4.98 Å². The molecule has 0 aliphatic rings. The number of nitrogens with two attached hydrogens (primary N) is 1. The molecule has 0 bridgehead atoms. The average molecular weight is 190 g/mol. The van der Waals surface area contributed by atoms with E-state index in [0.29, 0.717) is 6.54 Å². The fraction of sp³-hybridized carbons (Fsp3) is 0.100. The van der Waals surface area contributed by atoms with Gasteiger partial charge in [0.1, 0.15) is 0 Å². The first-order chi connectivity index (χ1) is 6.33. The van der Waals surface area contributed by atoms with E-state index in [9.17, 15) is 0 Å². The second kappa shape index (κ2) is 3.36. The molecule has 0 aliphatic carbocycles. The molecule has 1 aromatic carbocycles. The minimum absolute atomic E-state index is 0.538. The van der Waals surface area contributed by atoms with Crippen LogP contribution in [0.4, 0.5) is 0 Å². The van der Waals surface area contributed by atoms with Gasteiger partial charge in [0.05, 0.1) is 5.52 Å². The van der Waals surface area contributed by atoms with Crippen LogP contribution in [-0.4, -0.2) is 4.98 Å². The van der Waals surface area contributed by atoms with Gasteiger partial charge in [0.2, 0.25) is 0 Å². The van der Waals surface area contributed by atoms with Crippen molar-refractivity contribution in [3.63, 3.8) is 0 Å². The van der Waals surface area contributed by atoms with Crippen molar-refractivity contribution in [2.45, 2.75) is 11.4 Å². The van der Waals surface area contributed by atoms with Crippen molar-refractivity contribution in [2.75, 3.05) is 0 Å². The molecule has 1 heterocycles. The van der Waals surface area contributed by atoms with Gasteiger partial charge in [-0.1, -0.05) is 12.1 Å². The topological polar surface area (TPSA) is 38.9 Å². The zero-order valence-electron chi connectivity index (χ0n) is 7.07. The predicted octanol–water partition coefficient (Wildman–Crippen LogP) is 1.98. The van der Waals surface area contributed by atoms with E-state index in [-0.39, 0.29) is 0 Å². The molecule has 0 radical (unpaired) electrons. The Hall–Kier alpha value is -1.06. The molecule has 2 rings (SSSR count). The van der Waals surface area contributed by atoms with E-state index in [1.165, 1.54) is 0 Å². The van der Waals surface area contributed by atoms with Crippen LogP contribution in [-0.2, 0) is 6.54 Å². The van der Waals surface area contributed by atoms with Crippen molar-refractivity contribution in [3.05, 3.63) is 36.0 Å². The van der Waals surface area contributed by atoms with Gasteiger partial charge in [-0.05, 0) is 17.7 Å². The number of pyridine rings is 1. The fourth-order valence-corrected chi connectivity index (χ4v) is 1.65. The maximum Gasteiger partial charge on any atom is 0.0838 e. The summed E-state index contributed by atoms with van der Waals surface area (Å²) >= 11 is 4.33. The van der Waals surface area contributed by atoms with E-state index in [4.69, 9.17) is 5.73 Å². The third kappa shape index (κ3) is 1.41. The third-order valence-corrected chi connectivity index (χ3v) is 2.42. The SMILES string of the molecule is NCc1ccc(S)c2ncccc12. The molecule has 0 spiro atoms. The summed E-state index contributed by atoms with van der Waals surface area (Å²) in [6, 6.07) is 7.85. The normalized spacial score (nSPS) is 10.6. The Bertz CT molecular complexity index is 440. The number of aromatic nitrogens is 1. The lowest BCUT2D eigenvalue weighted by atomic mass is 10.1. The summed E-state index contributed by atoms with van der Waals surface area (Å²) in [6.45, 7) is 0.538. The van der Waals surface area contributed by atoms with Crippen molar-refractivity contribution >= 4 is 23.5 Å². The molecule has 13 heavy (non-hydrogen) atoms. The highest BCUT2D eigenvalue weighted by atomic mass is 32.1. The van der Waals surface area contributed by atoms with Gasteiger partial charge in [0, 0.05) is 23.0 Å². The van der Waals surface area contributed by atoms with Crippen LogP contribution < -0.4 is 5.73 Å². The number of nitrogens with zero attached hydrogens (tertiary/aromatic N) is 1. The quantitative estimate of drug-likeness (QED) is 0.675. The van der Waals surface area contributed by atoms with E-state index in [1.54, 1.807) is 6.20 Å². The number of benzene rings is 1. The van der Waals surface area contributed by atoms with Crippen LogP contribution in [0.5, 0.6) is 0 Å². The van der Waals surface area contributed by atoms with Crippen molar-refractivity contribution < 1.29 is 0 Å². The lowest BCUT2D eigenvalue weighted by Crippen LogP contribution is -1.97. The van der Waals surface area contributed by atoms with Gasteiger partial charge >= 0.3 is 0 Å². The summed E-state index contributed by atoms with van der Waals surface area (Å²) in [5.74, 6) is 0. The maximum absolute atomic E-state index is 5.61. The first-order valence-electron chi connectivity index (χ1n) is 4.08. The van der Waals surface area contributed by atoms with Crippen LogP contribution in [0.1, 0.15) is 5.56 Å². The molecule has 0 aliphatic heterocycles. The molecule has 2 N–H and O–H groups in total. The number of rotatable bonds is 1. The average Bonchev–Trinajstić information content (AvgIpc) is 2.19. The van der Waals surface area contributed by atoms with Gasteiger partial charge in [0.15, 0.2) is 0 Å². The number of thiol groups is 1. The van der Waals surface area contributed by atoms with Crippen LogP contribution in [0.3, 0.4) is 0 Å². The van der Waals surface area contributed by atoms with Crippen molar-refractivity contribution in [1.29, 1.82) is 0 Å². The van der Waals surface area contributed by atoms with Crippen LogP contribution in [0.25, 0.3) is 10.9 Å². The zero-order valence-corrected chi connectivity index (χ0v) is 7.96. The molecular weight excluding hydrogens is 180 g/mol. The van der Waals surface area contributed by atoms with E-state index >= 15 is 0 Å². The number of hydrogen-bond donors (Lipinski definition) is 2. The van der Waals surface area contributed by atoms with E-state index in [0.717, 1.165) is 21.4 Å². The van der Waals surface area contributed by atoms with Gasteiger partial charge in [0.25, 0.3) is 0 Å². The predicted molar refractivity (Wildman–Crippen MR) is 56.9 cm³/mol. The summed E-state index contributed by atoms with van der Waals surface area (Å²) < 4.78 is 0. The molecule has 0 saturated carbocycles. The van der Waals surface area contributed by atoms with E-state index in [1.807, 2.05) is 24.3 Å². The molecule has 0 amide bonds. The van der Waals surface area contributed by atoms with Gasteiger partial charge in [-0.15, -0.1) is 12.6 Å².